The van der Waals surface area contributed by atoms with Crippen LogP contribution in [0.4, 0.5) is 4.79 Å². The lowest BCUT2D eigenvalue weighted by atomic mass is 10.2. The predicted molar refractivity (Wildman–Crippen MR) is 67.4 cm³/mol. The third-order valence-corrected chi connectivity index (χ3v) is 2.37. The van der Waals surface area contributed by atoms with Crippen molar-refractivity contribution in [3.8, 4) is 11.5 Å². The minimum Gasteiger partial charge on any atom is -0.508 e. The number of para-hydroxylation sites is 2. The first-order valence-corrected chi connectivity index (χ1v) is 5.53. The van der Waals surface area contributed by atoms with Crippen LogP contribution in [0.3, 0.4) is 0 Å². The smallest absolute Gasteiger partial charge is 0.412 e. The van der Waals surface area contributed by atoms with Crippen molar-refractivity contribution < 1.29 is 14.6 Å². The molecule has 0 unspecified atom stereocenters. The molecule has 4 nitrogen and oxygen atoms in total. The Kier molecular flexibility index (Phi) is 3.81. The number of aromatic hydroxyl groups is 1. The van der Waals surface area contributed by atoms with Crippen LogP contribution < -0.4 is 10.1 Å². The first kappa shape index (κ1) is 12.0. The van der Waals surface area contributed by atoms with Crippen LogP contribution >= 0.6 is 0 Å². The molecule has 1 amide bonds. The van der Waals surface area contributed by atoms with Gasteiger partial charge in [-0.05, 0) is 18.2 Å². The highest BCUT2D eigenvalue weighted by Gasteiger charge is 2.05. The average Bonchev–Trinajstić information content (AvgIpc) is 2.39. The number of ether oxygens (including phenoxy) is 1. The SMILES string of the molecule is O=C(NCc1ccccc1O)Oc1ccccc1. The van der Waals surface area contributed by atoms with Gasteiger partial charge in [0.25, 0.3) is 0 Å². The summed E-state index contributed by atoms with van der Waals surface area (Å²) in [6, 6.07) is 15.6. The Bertz CT molecular complexity index is 526. The van der Waals surface area contributed by atoms with Crippen LogP contribution in [0.15, 0.2) is 54.6 Å². The fourth-order valence-corrected chi connectivity index (χ4v) is 1.46. The second kappa shape index (κ2) is 5.72. The Morgan fingerprint density at radius 3 is 2.44 bits per heavy atom. The topological polar surface area (TPSA) is 58.6 Å². The van der Waals surface area contributed by atoms with E-state index in [0.717, 1.165) is 0 Å². The van der Waals surface area contributed by atoms with Crippen molar-refractivity contribution in [1.82, 2.24) is 5.32 Å². The molecule has 2 rings (SSSR count). The molecule has 0 spiro atoms. The van der Waals surface area contributed by atoms with E-state index in [1.807, 2.05) is 6.07 Å². The lowest BCUT2D eigenvalue weighted by Gasteiger charge is -2.07. The molecule has 92 valence electrons. The molecular formula is C14H13NO3. The highest BCUT2D eigenvalue weighted by molar-refractivity contribution is 5.70. The Hall–Kier alpha value is -2.49. The monoisotopic (exact) mass is 243 g/mol. The summed E-state index contributed by atoms with van der Waals surface area (Å²) in [5, 5.41) is 12.1. The number of hydrogen-bond acceptors (Lipinski definition) is 3. The van der Waals surface area contributed by atoms with E-state index in [2.05, 4.69) is 5.32 Å². The van der Waals surface area contributed by atoms with Crippen molar-refractivity contribution in [2.45, 2.75) is 6.54 Å². The van der Waals surface area contributed by atoms with Crippen LogP contribution in [0, 0.1) is 0 Å². The zero-order valence-corrected chi connectivity index (χ0v) is 9.67. The molecule has 0 aromatic heterocycles. The third kappa shape index (κ3) is 3.25. The third-order valence-electron chi connectivity index (χ3n) is 2.37. The number of carbonyl (C=O) groups is 1. The number of nitrogens with one attached hydrogen (secondary N) is 1. The molecule has 0 bridgehead atoms. The molecule has 2 aromatic carbocycles. The summed E-state index contributed by atoms with van der Waals surface area (Å²) in [7, 11) is 0. The van der Waals surface area contributed by atoms with Crippen LogP contribution in [0.25, 0.3) is 0 Å². The zero-order valence-electron chi connectivity index (χ0n) is 9.67. The highest BCUT2D eigenvalue weighted by atomic mass is 16.6. The summed E-state index contributed by atoms with van der Waals surface area (Å²) >= 11 is 0. The minimum atomic E-state index is -0.551. The van der Waals surface area contributed by atoms with E-state index >= 15 is 0 Å². The molecule has 0 fully saturated rings. The molecule has 2 N–H and O–H groups in total. The van der Waals surface area contributed by atoms with Gasteiger partial charge in [0.05, 0.1) is 0 Å². The quantitative estimate of drug-likeness (QED) is 0.871. The molecule has 0 heterocycles. The van der Waals surface area contributed by atoms with E-state index in [1.165, 1.54) is 0 Å². The standard InChI is InChI=1S/C14H13NO3/c16-13-9-5-4-6-11(13)10-15-14(17)18-12-7-2-1-3-8-12/h1-9,16H,10H2,(H,15,17). The van der Waals surface area contributed by atoms with E-state index in [-0.39, 0.29) is 12.3 Å². The van der Waals surface area contributed by atoms with Gasteiger partial charge in [-0.1, -0.05) is 36.4 Å². The molecule has 0 aliphatic rings. The van der Waals surface area contributed by atoms with Gasteiger partial charge in [-0.25, -0.2) is 4.79 Å². The Morgan fingerprint density at radius 2 is 1.72 bits per heavy atom. The number of phenolic OH excluding ortho intramolecular Hbond substituents is 1. The summed E-state index contributed by atoms with van der Waals surface area (Å²) in [4.78, 5) is 11.5. The van der Waals surface area contributed by atoms with Gasteiger partial charge < -0.3 is 15.2 Å². The van der Waals surface area contributed by atoms with Gasteiger partial charge in [0.15, 0.2) is 0 Å². The van der Waals surface area contributed by atoms with Crippen molar-refractivity contribution >= 4 is 6.09 Å². The van der Waals surface area contributed by atoms with Gasteiger partial charge in [0, 0.05) is 12.1 Å². The average molecular weight is 243 g/mol. The van der Waals surface area contributed by atoms with Gasteiger partial charge in [0.1, 0.15) is 11.5 Å². The van der Waals surface area contributed by atoms with E-state index < -0.39 is 6.09 Å². The van der Waals surface area contributed by atoms with Gasteiger partial charge in [-0.2, -0.15) is 0 Å². The summed E-state index contributed by atoms with van der Waals surface area (Å²) < 4.78 is 5.04. The second-order valence-corrected chi connectivity index (χ2v) is 3.68. The fraction of sp³-hybridized carbons (Fsp3) is 0.0714. The van der Waals surface area contributed by atoms with Crippen LogP contribution in [-0.2, 0) is 6.54 Å². The Balaban J connectivity index is 1.88. The number of hydrogen-bond donors (Lipinski definition) is 2. The van der Waals surface area contributed by atoms with Crippen molar-refractivity contribution in [3.05, 3.63) is 60.2 Å². The lowest BCUT2D eigenvalue weighted by Crippen LogP contribution is -2.26. The van der Waals surface area contributed by atoms with Crippen molar-refractivity contribution in [3.63, 3.8) is 0 Å². The summed E-state index contributed by atoms with van der Waals surface area (Å²) in [6.07, 6.45) is -0.551. The number of amides is 1. The van der Waals surface area contributed by atoms with Gasteiger partial charge in [-0.15, -0.1) is 0 Å². The first-order valence-electron chi connectivity index (χ1n) is 5.53. The molecule has 0 saturated carbocycles. The maximum absolute atomic E-state index is 11.5. The summed E-state index contributed by atoms with van der Waals surface area (Å²) in [6.45, 7) is 0.221. The van der Waals surface area contributed by atoms with Crippen LogP contribution in [0.2, 0.25) is 0 Å². The molecule has 18 heavy (non-hydrogen) atoms. The van der Waals surface area contributed by atoms with Gasteiger partial charge in [-0.3, -0.25) is 0 Å². The maximum Gasteiger partial charge on any atom is 0.412 e. The van der Waals surface area contributed by atoms with Crippen molar-refractivity contribution in [2.24, 2.45) is 0 Å². The van der Waals surface area contributed by atoms with E-state index in [9.17, 15) is 9.90 Å². The van der Waals surface area contributed by atoms with Gasteiger partial charge in [0.2, 0.25) is 0 Å². The largest absolute Gasteiger partial charge is 0.508 e. The van der Waals surface area contributed by atoms with Crippen molar-refractivity contribution in [1.29, 1.82) is 0 Å². The Labute approximate surface area is 105 Å². The predicted octanol–water partition coefficient (Wildman–Crippen LogP) is 2.68. The summed E-state index contributed by atoms with van der Waals surface area (Å²) in [5.74, 6) is 0.629. The second-order valence-electron chi connectivity index (χ2n) is 3.68. The maximum atomic E-state index is 11.5. The van der Waals surface area contributed by atoms with Crippen molar-refractivity contribution in [2.75, 3.05) is 0 Å². The summed E-state index contributed by atoms with van der Waals surface area (Å²) in [5.41, 5.74) is 0.641. The number of phenols is 1. The molecule has 0 saturated heterocycles. The van der Waals surface area contributed by atoms with Crippen LogP contribution in [0.1, 0.15) is 5.56 Å². The molecule has 0 aliphatic heterocycles. The van der Waals surface area contributed by atoms with E-state index in [0.29, 0.717) is 11.3 Å². The lowest BCUT2D eigenvalue weighted by molar-refractivity contribution is 0.200. The van der Waals surface area contributed by atoms with Gasteiger partial charge >= 0.3 is 6.09 Å². The van der Waals surface area contributed by atoms with E-state index in [1.54, 1.807) is 48.5 Å². The van der Waals surface area contributed by atoms with E-state index in [4.69, 9.17) is 4.74 Å². The zero-order chi connectivity index (χ0) is 12.8. The normalized spacial score (nSPS) is 9.78. The molecule has 2 aromatic rings. The number of carbonyl (C=O) groups excluding carboxylic acids is 1. The number of rotatable bonds is 3. The molecule has 4 heteroatoms. The molecule has 0 atom stereocenters. The Morgan fingerprint density at radius 1 is 1.06 bits per heavy atom. The molecular weight excluding hydrogens is 230 g/mol. The molecule has 0 radical (unpaired) electrons. The minimum absolute atomic E-state index is 0.150. The molecule has 0 aliphatic carbocycles. The van der Waals surface area contributed by atoms with Crippen LogP contribution in [-0.4, -0.2) is 11.2 Å². The first-order chi connectivity index (χ1) is 8.75. The van der Waals surface area contributed by atoms with Crippen LogP contribution in [0.5, 0.6) is 11.5 Å². The fourth-order valence-electron chi connectivity index (χ4n) is 1.46. The number of benzene rings is 2. The highest BCUT2D eigenvalue weighted by Crippen LogP contribution is 2.15.